The van der Waals surface area contributed by atoms with E-state index in [4.69, 9.17) is 9.47 Å². The summed E-state index contributed by atoms with van der Waals surface area (Å²) in [5, 5.41) is 10.7. The van der Waals surface area contributed by atoms with Gasteiger partial charge in [0.05, 0.1) is 13.7 Å². The van der Waals surface area contributed by atoms with Crippen LogP contribution in [0.15, 0.2) is 42.5 Å². The molecular weight excluding hydrogens is 344 g/mol. The molecule has 7 heteroatoms. The molecule has 7 nitrogen and oxygen atoms in total. The van der Waals surface area contributed by atoms with Crippen molar-refractivity contribution in [3.8, 4) is 11.5 Å². The van der Waals surface area contributed by atoms with Gasteiger partial charge in [0, 0.05) is 30.6 Å². The van der Waals surface area contributed by atoms with Gasteiger partial charge in [-0.1, -0.05) is 6.07 Å². The number of rotatable bonds is 5. The molecule has 1 atom stereocenters. The number of nitrogens with one attached hydrogen (secondary N) is 1. The third kappa shape index (κ3) is 3.86. The van der Waals surface area contributed by atoms with Gasteiger partial charge in [0.15, 0.2) is 0 Å². The molecule has 2 aromatic carbocycles. The van der Waals surface area contributed by atoms with Crippen LogP contribution in [0.25, 0.3) is 11.0 Å². The van der Waals surface area contributed by atoms with Crippen LogP contribution in [-0.4, -0.2) is 53.0 Å². The van der Waals surface area contributed by atoms with Crippen LogP contribution >= 0.6 is 0 Å². The first-order chi connectivity index (χ1) is 13.2. The molecule has 27 heavy (non-hydrogen) atoms. The van der Waals surface area contributed by atoms with E-state index in [0.29, 0.717) is 30.1 Å². The number of piperidine rings is 1. The second-order valence-electron chi connectivity index (χ2n) is 6.78. The lowest BCUT2D eigenvalue weighted by Crippen LogP contribution is -2.41. The fourth-order valence-electron chi connectivity index (χ4n) is 3.45. The predicted octanol–water partition coefficient (Wildman–Crippen LogP) is 2.90. The average molecular weight is 366 g/mol. The highest BCUT2D eigenvalue weighted by Crippen LogP contribution is 2.23. The van der Waals surface area contributed by atoms with Crippen molar-refractivity contribution >= 4 is 16.9 Å². The largest absolute Gasteiger partial charge is 0.497 e. The van der Waals surface area contributed by atoms with Gasteiger partial charge in [0.25, 0.3) is 5.91 Å². The Hall–Kier alpha value is -3.09. The maximum atomic E-state index is 12.9. The van der Waals surface area contributed by atoms with Crippen LogP contribution in [0, 0.1) is 5.92 Å². The van der Waals surface area contributed by atoms with Gasteiger partial charge in [-0.05, 0) is 43.2 Å². The van der Waals surface area contributed by atoms with Gasteiger partial charge in [0.1, 0.15) is 22.5 Å². The van der Waals surface area contributed by atoms with E-state index < -0.39 is 0 Å². The number of ether oxygens (including phenoxy) is 2. The summed E-state index contributed by atoms with van der Waals surface area (Å²) in [6.45, 7) is 2.05. The average Bonchev–Trinajstić information content (AvgIpc) is 3.20. The Morgan fingerprint density at radius 3 is 2.93 bits per heavy atom. The first-order valence-electron chi connectivity index (χ1n) is 9.09. The lowest BCUT2D eigenvalue weighted by Gasteiger charge is -2.32. The number of nitrogens with zero attached hydrogens (tertiary/aromatic N) is 3. The number of benzene rings is 2. The van der Waals surface area contributed by atoms with Crippen LogP contribution < -0.4 is 9.47 Å². The monoisotopic (exact) mass is 366 g/mol. The number of likely N-dealkylation sites (tertiary alicyclic amines) is 1. The highest BCUT2D eigenvalue weighted by molar-refractivity contribution is 5.97. The number of fused-ring (bicyclic) bond motifs is 1. The SMILES string of the molecule is COc1cccc(OC[C@@H]2CCCN(C(=O)c3ccc4n[nH]nc4c3)C2)c1. The molecule has 1 fully saturated rings. The Balaban J connectivity index is 1.39. The first-order valence-corrected chi connectivity index (χ1v) is 9.09. The number of hydrogen-bond acceptors (Lipinski definition) is 5. The van der Waals surface area contributed by atoms with Gasteiger partial charge in [-0.15, -0.1) is 0 Å². The minimum Gasteiger partial charge on any atom is -0.497 e. The summed E-state index contributed by atoms with van der Waals surface area (Å²) in [6.07, 6.45) is 2.03. The summed E-state index contributed by atoms with van der Waals surface area (Å²) >= 11 is 0. The molecule has 1 aliphatic rings. The Labute approximate surface area is 157 Å². The van der Waals surface area contributed by atoms with E-state index in [1.54, 1.807) is 13.2 Å². The predicted molar refractivity (Wildman–Crippen MR) is 101 cm³/mol. The van der Waals surface area contributed by atoms with Crippen molar-refractivity contribution in [3.05, 3.63) is 48.0 Å². The van der Waals surface area contributed by atoms with E-state index in [1.807, 2.05) is 41.3 Å². The number of carbonyl (C=O) groups is 1. The molecule has 0 spiro atoms. The van der Waals surface area contributed by atoms with E-state index in [1.165, 1.54) is 0 Å². The summed E-state index contributed by atoms with van der Waals surface area (Å²) in [6, 6.07) is 13.0. The van der Waals surface area contributed by atoms with E-state index in [-0.39, 0.29) is 5.91 Å². The van der Waals surface area contributed by atoms with Crippen molar-refractivity contribution in [2.24, 2.45) is 5.92 Å². The maximum absolute atomic E-state index is 12.9. The van der Waals surface area contributed by atoms with Gasteiger partial charge >= 0.3 is 0 Å². The zero-order valence-corrected chi connectivity index (χ0v) is 15.2. The Kier molecular flexibility index (Phi) is 4.91. The third-order valence-corrected chi connectivity index (χ3v) is 4.90. The fraction of sp³-hybridized carbons (Fsp3) is 0.350. The van der Waals surface area contributed by atoms with Gasteiger partial charge < -0.3 is 14.4 Å². The van der Waals surface area contributed by atoms with Crippen LogP contribution in [0.1, 0.15) is 23.2 Å². The molecule has 3 aromatic rings. The number of H-pyrrole nitrogens is 1. The second-order valence-corrected chi connectivity index (χ2v) is 6.78. The van der Waals surface area contributed by atoms with Crippen molar-refractivity contribution in [3.63, 3.8) is 0 Å². The maximum Gasteiger partial charge on any atom is 0.253 e. The molecule has 0 saturated carbocycles. The second kappa shape index (κ2) is 7.65. The summed E-state index contributed by atoms with van der Waals surface area (Å²) < 4.78 is 11.2. The van der Waals surface area contributed by atoms with Crippen molar-refractivity contribution in [1.82, 2.24) is 20.3 Å². The lowest BCUT2D eigenvalue weighted by atomic mass is 9.98. The Bertz CT molecular complexity index is 940. The highest BCUT2D eigenvalue weighted by atomic mass is 16.5. The number of carbonyl (C=O) groups excluding carboxylic acids is 1. The van der Waals surface area contributed by atoms with Crippen LogP contribution in [-0.2, 0) is 0 Å². The molecule has 0 aliphatic carbocycles. The van der Waals surface area contributed by atoms with Gasteiger partial charge in [0.2, 0.25) is 0 Å². The molecule has 4 rings (SSSR count). The Morgan fingerprint density at radius 2 is 2.04 bits per heavy atom. The van der Waals surface area contributed by atoms with E-state index in [9.17, 15) is 4.79 Å². The van der Waals surface area contributed by atoms with Crippen LogP contribution in [0.5, 0.6) is 11.5 Å². The molecule has 1 saturated heterocycles. The molecule has 0 unspecified atom stereocenters. The first kappa shape index (κ1) is 17.3. The van der Waals surface area contributed by atoms with Crippen molar-refractivity contribution in [2.75, 3.05) is 26.8 Å². The summed E-state index contributed by atoms with van der Waals surface area (Å²) in [5.41, 5.74) is 2.11. The molecule has 140 valence electrons. The van der Waals surface area contributed by atoms with Crippen LogP contribution in [0.2, 0.25) is 0 Å². The third-order valence-electron chi connectivity index (χ3n) is 4.90. The highest BCUT2D eigenvalue weighted by Gasteiger charge is 2.25. The zero-order chi connectivity index (χ0) is 18.6. The van der Waals surface area contributed by atoms with Gasteiger partial charge in [-0.3, -0.25) is 4.79 Å². The normalized spacial score (nSPS) is 17.1. The van der Waals surface area contributed by atoms with Gasteiger partial charge in [-0.2, -0.15) is 15.4 Å². The van der Waals surface area contributed by atoms with E-state index >= 15 is 0 Å². The van der Waals surface area contributed by atoms with E-state index in [0.717, 1.165) is 36.4 Å². The molecule has 1 N–H and O–H groups in total. The molecule has 2 heterocycles. The van der Waals surface area contributed by atoms with Crippen molar-refractivity contribution in [1.29, 1.82) is 0 Å². The van der Waals surface area contributed by atoms with Crippen LogP contribution in [0.4, 0.5) is 0 Å². The number of hydrogen-bond donors (Lipinski definition) is 1. The minimum atomic E-state index is 0.0333. The summed E-state index contributed by atoms with van der Waals surface area (Å²) in [4.78, 5) is 14.8. The molecule has 1 aromatic heterocycles. The topological polar surface area (TPSA) is 80.3 Å². The molecule has 0 bridgehead atoms. The minimum absolute atomic E-state index is 0.0333. The number of aromatic amines is 1. The summed E-state index contributed by atoms with van der Waals surface area (Å²) in [7, 11) is 1.64. The van der Waals surface area contributed by atoms with Crippen molar-refractivity contribution < 1.29 is 14.3 Å². The smallest absolute Gasteiger partial charge is 0.253 e. The van der Waals surface area contributed by atoms with Gasteiger partial charge in [-0.25, -0.2) is 0 Å². The zero-order valence-electron chi connectivity index (χ0n) is 15.2. The molecule has 1 amide bonds. The fourth-order valence-corrected chi connectivity index (χ4v) is 3.45. The summed E-state index contributed by atoms with van der Waals surface area (Å²) in [5.74, 6) is 1.90. The molecule has 0 radical (unpaired) electrons. The van der Waals surface area contributed by atoms with E-state index in [2.05, 4.69) is 15.4 Å². The van der Waals surface area contributed by atoms with Crippen molar-refractivity contribution in [2.45, 2.75) is 12.8 Å². The number of methoxy groups -OCH3 is 1. The molecule has 1 aliphatic heterocycles. The quantitative estimate of drug-likeness (QED) is 0.751. The Morgan fingerprint density at radius 1 is 1.19 bits per heavy atom. The number of aromatic nitrogens is 3. The van der Waals surface area contributed by atoms with Crippen LogP contribution in [0.3, 0.4) is 0 Å². The lowest BCUT2D eigenvalue weighted by molar-refractivity contribution is 0.0633. The molecular formula is C20H22N4O3. The number of amides is 1. The standard InChI is InChI=1S/C20H22N4O3/c1-26-16-5-2-6-17(11-16)27-13-14-4-3-9-24(12-14)20(25)15-7-8-18-19(10-15)22-23-21-18/h2,5-8,10-11,14H,3-4,9,12-13H2,1H3,(H,21,22,23)/t14-/m1/s1.